The van der Waals surface area contributed by atoms with Gasteiger partial charge in [-0.25, -0.2) is 8.42 Å². The fourth-order valence-corrected chi connectivity index (χ4v) is 3.15. The monoisotopic (exact) mass is 368 g/mol. The lowest BCUT2D eigenvalue weighted by Gasteiger charge is -2.29. The Balaban J connectivity index is 2.47. The summed E-state index contributed by atoms with van der Waals surface area (Å²) in [5, 5.41) is 23.4. The van der Waals surface area contributed by atoms with Crippen LogP contribution in [0.25, 0.3) is 0 Å². The van der Waals surface area contributed by atoms with Crippen molar-refractivity contribution in [3.63, 3.8) is 0 Å². The van der Waals surface area contributed by atoms with Gasteiger partial charge in [0.25, 0.3) is 15.5 Å². The van der Waals surface area contributed by atoms with Crippen molar-refractivity contribution in [1.82, 2.24) is 0 Å². The second kappa shape index (κ2) is 5.88. The number of aliphatic hydroxyl groups is 1. The van der Waals surface area contributed by atoms with Crippen molar-refractivity contribution in [1.29, 1.82) is 0 Å². The Bertz CT molecular complexity index is 761. The van der Waals surface area contributed by atoms with Crippen LogP contribution < -0.4 is 5.32 Å². The van der Waals surface area contributed by atoms with Crippen LogP contribution in [0.4, 0.5) is 24.5 Å². The second-order valence-electron chi connectivity index (χ2n) is 5.86. The van der Waals surface area contributed by atoms with Crippen LogP contribution in [0, 0.1) is 16.0 Å². The Morgan fingerprint density at radius 2 is 1.96 bits per heavy atom. The van der Waals surface area contributed by atoms with E-state index in [9.17, 15) is 36.8 Å². The van der Waals surface area contributed by atoms with Gasteiger partial charge >= 0.3 is 5.51 Å². The van der Waals surface area contributed by atoms with Gasteiger partial charge in [0.15, 0.2) is 0 Å². The highest BCUT2D eigenvalue weighted by molar-refractivity contribution is 7.92. The summed E-state index contributed by atoms with van der Waals surface area (Å²) < 4.78 is 60.5. The molecule has 1 aliphatic carbocycles. The van der Waals surface area contributed by atoms with Gasteiger partial charge in [0, 0.05) is 6.07 Å². The molecule has 7 nitrogen and oxygen atoms in total. The molecule has 2 N–H and O–H groups in total. The maximum Gasteiger partial charge on any atom is 0.501 e. The minimum Gasteiger partial charge on any atom is -0.394 e. The predicted molar refractivity (Wildman–Crippen MR) is 78.2 cm³/mol. The van der Waals surface area contributed by atoms with Gasteiger partial charge in [-0.15, -0.1) is 0 Å². The van der Waals surface area contributed by atoms with Crippen LogP contribution in [0.5, 0.6) is 0 Å². The number of hydrogen-bond acceptors (Lipinski definition) is 6. The van der Waals surface area contributed by atoms with E-state index < -0.39 is 36.4 Å². The number of nitro groups is 1. The van der Waals surface area contributed by atoms with Gasteiger partial charge in [0.2, 0.25) is 0 Å². The van der Waals surface area contributed by atoms with Gasteiger partial charge in [0.05, 0.1) is 22.0 Å². The molecule has 1 saturated carbocycles. The number of halogens is 3. The predicted octanol–water partition coefficient (Wildman–Crippen LogP) is 2.46. The summed E-state index contributed by atoms with van der Waals surface area (Å²) in [7, 11) is -5.68. The first-order valence-corrected chi connectivity index (χ1v) is 8.39. The average Bonchev–Trinajstić information content (AvgIpc) is 3.30. The number of hydrogen-bond donors (Lipinski definition) is 2. The van der Waals surface area contributed by atoms with Crippen molar-refractivity contribution in [3.8, 4) is 0 Å². The van der Waals surface area contributed by atoms with E-state index in [4.69, 9.17) is 0 Å². The summed E-state index contributed by atoms with van der Waals surface area (Å²) in [5.74, 6) is 0.0701. The molecular formula is C13H15F3N2O5S. The molecule has 1 aromatic carbocycles. The van der Waals surface area contributed by atoms with E-state index in [0.29, 0.717) is 12.1 Å². The van der Waals surface area contributed by atoms with E-state index in [-0.39, 0.29) is 18.2 Å². The van der Waals surface area contributed by atoms with Crippen LogP contribution in [-0.2, 0) is 9.84 Å². The molecule has 1 aliphatic rings. The molecule has 2 rings (SSSR count). The molecule has 0 spiro atoms. The second-order valence-corrected chi connectivity index (χ2v) is 7.80. The summed E-state index contributed by atoms with van der Waals surface area (Å²) in [4.78, 5) is 8.96. The largest absolute Gasteiger partial charge is 0.501 e. The van der Waals surface area contributed by atoms with E-state index >= 15 is 0 Å². The molecule has 0 heterocycles. The van der Waals surface area contributed by atoms with Gasteiger partial charge in [0.1, 0.15) is 5.69 Å². The van der Waals surface area contributed by atoms with Crippen LogP contribution >= 0.6 is 0 Å². The fraction of sp³-hybridized carbons (Fsp3) is 0.538. The van der Waals surface area contributed by atoms with Crippen molar-refractivity contribution < 1.29 is 31.6 Å². The van der Waals surface area contributed by atoms with Gasteiger partial charge in [-0.2, -0.15) is 13.2 Å². The van der Waals surface area contributed by atoms with Crippen LogP contribution in [0.1, 0.15) is 19.8 Å². The van der Waals surface area contributed by atoms with Crippen LogP contribution in [0.3, 0.4) is 0 Å². The maximum atomic E-state index is 12.6. The first-order chi connectivity index (χ1) is 10.9. The molecule has 0 aromatic heterocycles. The number of benzene rings is 1. The first-order valence-electron chi connectivity index (χ1n) is 6.91. The molecule has 0 radical (unpaired) electrons. The molecule has 134 valence electrons. The quantitative estimate of drug-likeness (QED) is 0.590. The number of alkyl halides is 3. The Morgan fingerprint density at radius 3 is 2.38 bits per heavy atom. The number of rotatable bonds is 6. The highest BCUT2D eigenvalue weighted by atomic mass is 32.2. The first kappa shape index (κ1) is 18.5. The molecule has 1 aromatic rings. The summed E-state index contributed by atoms with van der Waals surface area (Å²) in [6.07, 6.45) is 1.61. The summed E-state index contributed by atoms with van der Waals surface area (Å²) in [5.41, 5.74) is -7.39. The Hall–Kier alpha value is -1.88. The minimum atomic E-state index is -5.68. The number of nitrogens with one attached hydrogen (secondary N) is 1. The molecule has 1 fully saturated rings. The molecule has 0 bridgehead atoms. The zero-order valence-corrected chi connectivity index (χ0v) is 13.3. The highest BCUT2D eigenvalue weighted by Gasteiger charge is 2.48. The number of anilines is 1. The molecule has 1 unspecified atom stereocenters. The van der Waals surface area contributed by atoms with Crippen LogP contribution in [-0.4, -0.2) is 36.1 Å². The third-order valence-electron chi connectivity index (χ3n) is 4.01. The smallest absolute Gasteiger partial charge is 0.394 e. The number of nitro benzene ring substituents is 1. The van der Waals surface area contributed by atoms with Crippen molar-refractivity contribution in [2.75, 3.05) is 11.9 Å². The molecule has 0 saturated heterocycles. The SMILES string of the molecule is CC(CO)(Nc1ccc(S(=O)(=O)C(F)(F)F)cc1[N+](=O)[O-])C1CC1. The lowest BCUT2D eigenvalue weighted by atomic mass is 9.96. The minimum absolute atomic E-state index is 0.0701. The van der Waals surface area contributed by atoms with Gasteiger partial charge in [-0.1, -0.05) is 0 Å². The average molecular weight is 368 g/mol. The molecule has 11 heteroatoms. The third kappa shape index (κ3) is 3.31. The molecule has 0 amide bonds. The summed E-state index contributed by atoms with van der Waals surface area (Å²) in [6.45, 7) is 1.30. The van der Waals surface area contributed by atoms with Crippen LogP contribution in [0.15, 0.2) is 23.1 Å². The lowest BCUT2D eigenvalue weighted by Crippen LogP contribution is -2.41. The third-order valence-corrected chi connectivity index (χ3v) is 5.49. The molecule has 1 atom stereocenters. The van der Waals surface area contributed by atoms with Crippen molar-refractivity contribution >= 4 is 21.2 Å². The van der Waals surface area contributed by atoms with Gasteiger partial charge in [-0.05, 0) is 37.8 Å². The molecule has 24 heavy (non-hydrogen) atoms. The van der Waals surface area contributed by atoms with E-state index in [1.165, 1.54) is 0 Å². The summed E-state index contributed by atoms with van der Waals surface area (Å²) in [6, 6.07) is 1.94. The van der Waals surface area contributed by atoms with Crippen molar-refractivity contribution in [2.45, 2.75) is 35.7 Å². The van der Waals surface area contributed by atoms with Gasteiger partial charge < -0.3 is 10.4 Å². The number of aliphatic hydroxyl groups excluding tert-OH is 1. The Labute approximate surface area is 135 Å². The van der Waals surface area contributed by atoms with E-state index in [2.05, 4.69) is 5.32 Å². The zero-order chi connectivity index (χ0) is 18.3. The van der Waals surface area contributed by atoms with Crippen molar-refractivity contribution in [2.24, 2.45) is 5.92 Å². The zero-order valence-electron chi connectivity index (χ0n) is 12.5. The van der Waals surface area contributed by atoms with E-state index in [0.717, 1.165) is 18.9 Å². The van der Waals surface area contributed by atoms with Crippen molar-refractivity contribution in [3.05, 3.63) is 28.3 Å². The topological polar surface area (TPSA) is 110 Å². The van der Waals surface area contributed by atoms with Gasteiger partial charge in [-0.3, -0.25) is 10.1 Å². The van der Waals surface area contributed by atoms with E-state index in [1.807, 2.05) is 0 Å². The Kier molecular flexibility index (Phi) is 4.53. The lowest BCUT2D eigenvalue weighted by molar-refractivity contribution is -0.384. The fourth-order valence-electron chi connectivity index (χ4n) is 2.37. The number of nitrogens with zero attached hydrogens (tertiary/aromatic N) is 1. The Morgan fingerprint density at radius 1 is 1.38 bits per heavy atom. The molecule has 0 aliphatic heterocycles. The maximum absolute atomic E-state index is 12.6. The molecular weight excluding hydrogens is 353 g/mol. The number of sulfone groups is 1. The van der Waals surface area contributed by atoms with E-state index in [1.54, 1.807) is 6.92 Å². The standard InChI is InChI=1S/C13H15F3N2O5S/c1-12(7-19,8-2-3-8)17-10-5-4-9(6-11(10)18(20)21)24(22,23)13(14,15)16/h4-6,8,17,19H,2-3,7H2,1H3. The highest BCUT2D eigenvalue weighted by Crippen LogP contribution is 2.43. The summed E-state index contributed by atoms with van der Waals surface area (Å²) >= 11 is 0. The normalized spacial score (nSPS) is 18.0. The van der Waals surface area contributed by atoms with Crippen LogP contribution in [0.2, 0.25) is 0 Å².